The van der Waals surface area contributed by atoms with Crippen molar-refractivity contribution in [2.75, 3.05) is 13.1 Å². The largest absolute Gasteiger partial charge is 0.490 e. The van der Waals surface area contributed by atoms with Gasteiger partial charge >= 0.3 is 12.1 Å². The molecule has 10 heteroatoms. The summed E-state index contributed by atoms with van der Waals surface area (Å²) in [5.74, 6) is -1.87. The molecule has 2 aromatic rings. The standard InChI is InChI=1S/C15H21N5.C2HF3O2/c1-11-14-4-6-20(9-13-8-16-10-19(13)3)7-5-15(14)18-12(2)17-11;3-2(4,5)1(6)7/h8,10H,4-7,9H2,1-3H3;(H,6,7). The number of carbonyl (C=O) groups is 1. The molecule has 0 aliphatic carbocycles. The van der Waals surface area contributed by atoms with Crippen LogP contribution >= 0.6 is 0 Å². The summed E-state index contributed by atoms with van der Waals surface area (Å²) >= 11 is 0. The number of carboxylic acid groups (broad SMARTS) is 1. The van der Waals surface area contributed by atoms with Gasteiger partial charge in [0.1, 0.15) is 5.82 Å². The van der Waals surface area contributed by atoms with Crippen molar-refractivity contribution in [3.05, 3.63) is 41.0 Å². The first kappa shape index (κ1) is 20.8. The molecule has 3 rings (SSSR count). The predicted molar refractivity (Wildman–Crippen MR) is 91.1 cm³/mol. The summed E-state index contributed by atoms with van der Waals surface area (Å²) in [5, 5.41) is 7.12. The van der Waals surface area contributed by atoms with Gasteiger partial charge < -0.3 is 9.67 Å². The number of alkyl halides is 3. The third kappa shape index (κ3) is 5.75. The van der Waals surface area contributed by atoms with Crippen molar-refractivity contribution >= 4 is 5.97 Å². The van der Waals surface area contributed by atoms with Gasteiger partial charge in [-0.25, -0.2) is 19.7 Å². The second-order valence-corrected chi connectivity index (χ2v) is 6.36. The van der Waals surface area contributed by atoms with Gasteiger partial charge in [0.15, 0.2) is 0 Å². The molecule has 0 saturated heterocycles. The van der Waals surface area contributed by atoms with E-state index in [9.17, 15) is 13.2 Å². The molecular formula is C17H22F3N5O2. The molecule has 0 spiro atoms. The van der Waals surface area contributed by atoms with Crippen LogP contribution in [0, 0.1) is 13.8 Å². The molecule has 7 nitrogen and oxygen atoms in total. The van der Waals surface area contributed by atoms with Crippen molar-refractivity contribution in [3.63, 3.8) is 0 Å². The second kappa shape index (κ2) is 8.47. The maximum atomic E-state index is 10.6. The Labute approximate surface area is 154 Å². The van der Waals surface area contributed by atoms with Crippen molar-refractivity contribution in [3.8, 4) is 0 Å². The molecular weight excluding hydrogens is 363 g/mol. The zero-order valence-electron chi connectivity index (χ0n) is 15.4. The first-order valence-electron chi connectivity index (χ1n) is 8.38. The fourth-order valence-electron chi connectivity index (χ4n) is 2.91. The van der Waals surface area contributed by atoms with Gasteiger partial charge in [-0.3, -0.25) is 4.90 Å². The molecule has 0 amide bonds. The van der Waals surface area contributed by atoms with E-state index in [1.54, 1.807) is 0 Å². The number of aliphatic carboxylic acids is 1. The molecule has 0 unspecified atom stereocenters. The fraction of sp³-hybridized carbons (Fsp3) is 0.529. The van der Waals surface area contributed by atoms with Crippen LogP contribution in [0.5, 0.6) is 0 Å². The Balaban J connectivity index is 0.000000321. The van der Waals surface area contributed by atoms with Crippen LogP contribution in [0.15, 0.2) is 12.5 Å². The summed E-state index contributed by atoms with van der Waals surface area (Å²) in [6.07, 6.45) is 0.783. The van der Waals surface area contributed by atoms with E-state index in [0.717, 1.165) is 44.0 Å². The number of nitrogens with zero attached hydrogens (tertiary/aromatic N) is 5. The number of hydrogen-bond acceptors (Lipinski definition) is 5. The Morgan fingerprint density at radius 3 is 2.41 bits per heavy atom. The molecule has 1 N–H and O–H groups in total. The molecule has 148 valence electrons. The lowest BCUT2D eigenvalue weighted by molar-refractivity contribution is -0.192. The Hall–Kier alpha value is -2.49. The molecule has 0 fully saturated rings. The van der Waals surface area contributed by atoms with E-state index in [-0.39, 0.29) is 0 Å². The summed E-state index contributed by atoms with van der Waals surface area (Å²) in [4.78, 5) is 24.7. The second-order valence-electron chi connectivity index (χ2n) is 6.36. The highest BCUT2D eigenvalue weighted by molar-refractivity contribution is 5.73. The smallest absolute Gasteiger partial charge is 0.475 e. The number of aryl methyl sites for hydroxylation is 3. The molecule has 1 aliphatic rings. The lowest BCUT2D eigenvalue weighted by Gasteiger charge is -2.19. The van der Waals surface area contributed by atoms with Gasteiger partial charge in [-0.1, -0.05) is 0 Å². The Kier molecular flexibility index (Phi) is 6.53. The number of rotatable bonds is 2. The molecule has 1 aliphatic heterocycles. The fourth-order valence-corrected chi connectivity index (χ4v) is 2.91. The molecule has 0 saturated carbocycles. The third-order valence-corrected chi connectivity index (χ3v) is 4.30. The van der Waals surface area contributed by atoms with Gasteiger partial charge in [-0.2, -0.15) is 13.2 Å². The van der Waals surface area contributed by atoms with Crippen LogP contribution in [0.4, 0.5) is 13.2 Å². The van der Waals surface area contributed by atoms with Crippen LogP contribution < -0.4 is 0 Å². The van der Waals surface area contributed by atoms with Gasteiger partial charge in [0.2, 0.25) is 0 Å². The van der Waals surface area contributed by atoms with E-state index in [0.29, 0.717) is 0 Å². The molecule has 27 heavy (non-hydrogen) atoms. The molecule has 0 aromatic carbocycles. The van der Waals surface area contributed by atoms with Crippen molar-refractivity contribution in [2.45, 2.75) is 39.4 Å². The molecule has 2 aromatic heterocycles. The maximum absolute atomic E-state index is 10.6. The normalized spacial score (nSPS) is 14.7. The summed E-state index contributed by atoms with van der Waals surface area (Å²) in [7, 11) is 2.05. The minimum absolute atomic E-state index is 0.890. The summed E-state index contributed by atoms with van der Waals surface area (Å²) in [5.41, 5.74) is 5.00. The zero-order valence-corrected chi connectivity index (χ0v) is 15.4. The Morgan fingerprint density at radius 2 is 1.85 bits per heavy atom. The van der Waals surface area contributed by atoms with E-state index < -0.39 is 12.1 Å². The van der Waals surface area contributed by atoms with Crippen molar-refractivity contribution < 1.29 is 23.1 Å². The molecule has 0 radical (unpaired) electrons. The molecule has 0 bridgehead atoms. The zero-order chi connectivity index (χ0) is 20.2. The van der Waals surface area contributed by atoms with E-state index in [1.807, 2.05) is 26.5 Å². The van der Waals surface area contributed by atoms with Crippen LogP contribution in [0.1, 0.15) is 28.5 Å². The van der Waals surface area contributed by atoms with Crippen LogP contribution in [-0.2, 0) is 31.2 Å². The number of imidazole rings is 1. The highest BCUT2D eigenvalue weighted by atomic mass is 19.4. The van der Waals surface area contributed by atoms with E-state index in [2.05, 4.69) is 31.3 Å². The Morgan fingerprint density at radius 1 is 1.22 bits per heavy atom. The van der Waals surface area contributed by atoms with E-state index >= 15 is 0 Å². The summed E-state index contributed by atoms with van der Waals surface area (Å²) in [6, 6.07) is 0. The van der Waals surface area contributed by atoms with Gasteiger partial charge in [-0.05, 0) is 25.8 Å². The number of hydrogen-bond donors (Lipinski definition) is 1. The maximum Gasteiger partial charge on any atom is 0.490 e. The number of carboxylic acids is 1. The molecule has 0 atom stereocenters. The van der Waals surface area contributed by atoms with Gasteiger partial charge in [-0.15, -0.1) is 0 Å². The van der Waals surface area contributed by atoms with Crippen LogP contribution in [0.25, 0.3) is 0 Å². The van der Waals surface area contributed by atoms with Gasteiger partial charge in [0.25, 0.3) is 0 Å². The average molecular weight is 385 g/mol. The minimum Gasteiger partial charge on any atom is -0.475 e. The highest BCUT2D eigenvalue weighted by Crippen LogP contribution is 2.18. The van der Waals surface area contributed by atoms with Crippen LogP contribution in [0.3, 0.4) is 0 Å². The minimum atomic E-state index is -5.08. The first-order valence-corrected chi connectivity index (χ1v) is 8.38. The van der Waals surface area contributed by atoms with Crippen LogP contribution in [-0.4, -0.2) is 54.8 Å². The topological polar surface area (TPSA) is 84.1 Å². The summed E-state index contributed by atoms with van der Waals surface area (Å²) < 4.78 is 33.8. The number of halogens is 3. The molecule has 3 heterocycles. The highest BCUT2D eigenvalue weighted by Gasteiger charge is 2.38. The number of fused-ring (bicyclic) bond motifs is 1. The van der Waals surface area contributed by atoms with E-state index in [4.69, 9.17) is 9.90 Å². The SMILES string of the molecule is Cc1nc(C)c2c(n1)CCN(Cc1cncn1C)CC2.O=C(O)C(F)(F)F. The van der Waals surface area contributed by atoms with Crippen molar-refractivity contribution in [2.24, 2.45) is 7.05 Å². The van der Waals surface area contributed by atoms with Gasteiger partial charge in [0.05, 0.1) is 12.0 Å². The average Bonchev–Trinajstić information content (AvgIpc) is 2.84. The van der Waals surface area contributed by atoms with Crippen molar-refractivity contribution in [1.82, 2.24) is 24.4 Å². The third-order valence-electron chi connectivity index (χ3n) is 4.30. The van der Waals surface area contributed by atoms with Gasteiger partial charge in [0, 0.05) is 50.7 Å². The number of aromatic nitrogens is 4. The summed E-state index contributed by atoms with van der Waals surface area (Å²) in [6.45, 7) is 7.14. The first-order chi connectivity index (χ1) is 12.6. The van der Waals surface area contributed by atoms with E-state index in [1.165, 1.54) is 17.0 Å². The quantitative estimate of drug-likeness (QED) is 0.852. The predicted octanol–water partition coefficient (Wildman–Crippen LogP) is 2.06. The Bertz CT molecular complexity index is 804. The lowest BCUT2D eigenvalue weighted by atomic mass is 10.1. The monoisotopic (exact) mass is 385 g/mol. The lowest BCUT2D eigenvalue weighted by Crippen LogP contribution is -2.26. The van der Waals surface area contributed by atoms with Crippen LogP contribution in [0.2, 0.25) is 0 Å². The van der Waals surface area contributed by atoms with Crippen molar-refractivity contribution in [1.29, 1.82) is 0 Å².